The summed E-state index contributed by atoms with van der Waals surface area (Å²) in [5.41, 5.74) is 7.89. The summed E-state index contributed by atoms with van der Waals surface area (Å²) in [6.45, 7) is 3.46. The highest BCUT2D eigenvalue weighted by Crippen LogP contribution is 2.24. The average Bonchev–Trinajstić information content (AvgIpc) is 2.45. The van der Waals surface area contributed by atoms with Gasteiger partial charge in [-0.2, -0.15) is 0 Å². The zero-order valence-electron chi connectivity index (χ0n) is 11.3. The van der Waals surface area contributed by atoms with Crippen LogP contribution in [0, 0.1) is 5.82 Å². The number of nitrogens with two attached hydrogens (primary N) is 1. The van der Waals surface area contributed by atoms with Crippen molar-refractivity contribution in [2.45, 2.75) is 13.5 Å². The molecular formula is C16H17FN2S. The van der Waals surface area contributed by atoms with Gasteiger partial charge in [0.25, 0.3) is 0 Å². The maximum Gasteiger partial charge on any atom is 0.135 e. The van der Waals surface area contributed by atoms with Crippen LogP contribution in [0.15, 0.2) is 48.5 Å². The van der Waals surface area contributed by atoms with Crippen LogP contribution in [0.3, 0.4) is 0 Å². The zero-order chi connectivity index (χ0) is 14.5. The molecular weight excluding hydrogens is 271 g/mol. The molecule has 104 valence electrons. The van der Waals surface area contributed by atoms with Gasteiger partial charge < -0.3 is 10.6 Å². The quantitative estimate of drug-likeness (QED) is 0.854. The van der Waals surface area contributed by atoms with Crippen molar-refractivity contribution in [3.8, 4) is 0 Å². The van der Waals surface area contributed by atoms with Gasteiger partial charge >= 0.3 is 0 Å². The first-order valence-corrected chi connectivity index (χ1v) is 6.91. The Morgan fingerprint density at radius 1 is 1.15 bits per heavy atom. The number of anilines is 1. The van der Waals surface area contributed by atoms with Gasteiger partial charge in [-0.15, -0.1) is 0 Å². The van der Waals surface area contributed by atoms with Crippen LogP contribution in [0.5, 0.6) is 0 Å². The first-order chi connectivity index (χ1) is 9.63. The van der Waals surface area contributed by atoms with Gasteiger partial charge in [-0.25, -0.2) is 4.39 Å². The second kappa shape index (κ2) is 6.48. The van der Waals surface area contributed by atoms with Crippen molar-refractivity contribution in [1.82, 2.24) is 0 Å². The van der Waals surface area contributed by atoms with E-state index in [4.69, 9.17) is 18.0 Å². The minimum atomic E-state index is -0.374. The number of hydrogen-bond acceptors (Lipinski definition) is 2. The Morgan fingerprint density at radius 2 is 1.85 bits per heavy atom. The zero-order valence-corrected chi connectivity index (χ0v) is 12.2. The minimum Gasteiger partial charge on any atom is -0.389 e. The summed E-state index contributed by atoms with van der Waals surface area (Å²) in [6.07, 6.45) is 0. The van der Waals surface area contributed by atoms with Gasteiger partial charge in [0.1, 0.15) is 10.8 Å². The SMILES string of the molecule is CCN(Cc1ccccc1)c1cccc(F)c1C(N)=S. The third-order valence-electron chi connectivity index (χ3n) is 3.18. The van der Waals surface area contributed by atoms with E-state index in [9.17, 15) is 4.39 Å². The van der Waals surface area contributed by atoms with Crippen molar-refractivity contribution in [3.05, 3.63) is 65.5 Å². The Bertz CT molecular complexity index is 599. The summed E-state index contributed by atoms with van der Waals surface area (Å²) in [4.78, 5) is 2.15. The molecule has 0 amide bonds. The summed E-state index contributed by atoms with van der Waals surface area (Å²) in [6, 6.07) is 15.0. The summed E-state index contributed by atoms with van der Waals surface area (Å²) in [5.74, 6) is -0.374. The third-order valence-corrected chi connectivity index (χ3v) is 3.38. The Hall–Kier alpha value is -1.94. The van der Waals surface area contributed by atoms with Gasteiger partial charge in [-0.05, 0) is 24.6 Å². The fourth-order valence-corrected chi connectivity index (χ4v) is 2.39. The fraction of sp³-hybridized carbons (Fsp3) is 0.188. The largest absolute Gasteiger partial charge is 0.389 e. The fourth-order valence-electron chi connectivity index (χ4n) is 2.19. The summed E-state index contributed by atoms with van der Waals surface area (Å²) in [7, 11) is 0. The van der Waals surface area contributed by atoms with Gasteiger partial charge in [0.15, 0.2) is 0 Å². The Labute approximate surface area is 124 Å². The highest BCUT2D eigenvalue weighted by Gasteiger charge is 2.15. The second-order valence-electron chi connectivity index (χ2n) is 4.50. The van der Waals surface area contributed by atoms with E-state index in [1.807, 2.05) is 43.3 Å². The normalized spacial score (nSPS) is 10.3. The van der Waals surface area contributed by atoms with E-state index in [1.165, 1.54) is 6.07 Å². The molecule has 0 atom stereocenters. The Balaban J connectivity index is 2.37. The molecule has 0 bridgehead atoms. The Kier molecular flexibility index (Phi) is 4.69. The van der Waals surface area contributed by atoms with Crippen molar-refractivity contribution in [2.24, 2.45) is 5.73 Å². The van der Waals surface area contributed by atoms with Crippen LogP contribution in [0.25, 0.3) is 0 Å². The average molecular weight is 288 g/mol. The minimum absolute atomic E-state index is 0.0876. The first kappa shape index (κ1) is 14.5. The number of nitrogens with zero attached hydrogens (tertiary/aromatic N) is 1. The van der Waals surface area contributed by atoms with Crippen LogP contribution in [0.2, 0.25) is 0 Å². The van der Waals surface area contributed by atoms with E-state index >= 15 is 0 Å². The molecule has 0 spiro atoms. The summed E-state index contributed by atoms with van der Waals surface area (Å²) >= 11 is 4.98. The predicted molar refractivity (Wildman–Crippen MR) is 85.5 cm³/mol. The molecule has 0 aliphatic heterocycles. The number of rotatable bonds is 5. The lowest BCUT2D eigenvalue weighted by Gasteiger charge is -2.25. The lowest BCUT2D eigenvalue weighted by molar-refractivity contribution is 0.624. The van der Waals surface area contributed by atoms with Crippen LogP contribution in [-0.2, 0) is 6.54 Å². The highest BCUT2D eigenvalue weighted by atomic mass is 32.1. The van der Waals surface area contributed by atoms with Crippen LogP contribution in [0.4, 0.5) is 10.1 Å². The molecule has 2 aromatic rings. The van der Waals surface area contributed by atoms with E-state index in [0.717, 1.165) is 17.8 Å². The van der Waals surface area contributed by atoms with Crippen molar-refractivity contribution >= 4 is 22.9 Å². The molecule has 0 aliphatic carbocycles. The molecule has 2 rings (SSSR count). The lowest BCUT2D eigenvalue weighted by Crippen LogP contribution is -2.26. The van der Waals surface area contributed by atoms with E-state index in [2.05, 4.69) is 4.90 Å². The monoisotopic (exact) mass is 288 g/mol. The topological polar surface area (TPSA) is 29.3 Å². The van der Waals surface area contributed by atoms with Crippen molar-refractivity contribution in [1.29, 1.82) is 0 Å². The molecule has 0 aromatic heterocycles. The lowest BCUT2D eigenvalue weighted by atomic mass is 10.1. The molecule has 2 nitrogen and oxygen atoms in total. The molecule has 0 heterocycles. The number of benzene rings is 2. The highest BCUT2D eigenvalue weighted by molar-refractivity contribution is 7.80. The van der Waals surface area contributed by atoms with Gasteiger partial charge in [0.2, 0.25) is 0 Å². The number of hydrogen-bond donors (Lipinski definition) is 1. The van der Waals surface area contributed by atoms with Crippen molar-refractivity contribution in [2.75, 3.05) is 11.4 Å². The van der Waals surface area contributed by atoms with Crippen LogP contribution in [0.1, 0.15) is 18.1 Å². The van der Waals surface area contributed by atoms with E-state index in [1.54, 1.807) is 6.07 Å². The molecule has 0 saturated carbocycles. The molecule has 2 N–H and O–H groups in total. The van der Waals surface area contributed by atoms with E-state index in [-0.39, 0.29) is 10.8 Å². The second-order valence-corrected chi connectivity index (χ2v) is 4.94. The van der Waals surface area contributed by atoms with Gasteiger partial charge in [-0.3, -0.25) is 0 Å². The number of thiocarbonyl (C=S) groups is 1. The molecule has 20 heavy (non-hydrogen) atoms. The van der Waals surface area contributed by atoms with E-state index < -0.39 is 0 Å². The van der Waals surface area contributed by atoms with Gasteiger partial charge in [-0.1, -0.05) is 48.6 Å². The van der Waals surface area contributed by atoms with Crippen molar-refractivity contribution in [3.63, 3.8) is 0 Å². The van der Waals surface area contributed by atoms with Gasteiger partial charge in [0, 0.05) is 13.1 Å². The van der Waals surface area contributed by atoms with Crippen LogP contribution >= 0.6 is 12.2 Å². The van der Waals surface area contributed by atoms with Crippen LogP contribution in [-0.4, -0.2) is 11.5 Å². The van der Waals surface area contributed by atoms with Crippen molar-refractivity contribution < 1.29 is 4.39 Å². The van der Waals surface area contributed by atoms with Gasteiger partial charge in [0.05, 0.1) is 11.3 Å². The standard InChI is InChI=1S/C16H17FN2S/c1-2-19(11-12-7-4-3-5-8-12)14-10-6-9-13(17)15(14)16(18)20/h3-10H,2,11H2,1H3,(H2,18,20). The molecule has 0 saturated heterocycles. The van der Waals surface area contributed by atoms with E-state index in [0.29, 0.717) is 12.1 Å². The summed E-state index contributed by atoms with van der Waals surface area (Å²) in [5, 5.41) is 0. The smallest absolute Gasteiger partial charge is 0.135 e. The maximum atomic E-state index is 13.9. The molecule has 2 aromatic carbocycles. The first-order valence-electron chi connectivity index (χ1n) is 6.50. The Morgan fingerprint density at radius 3 is 2.45 bits per heavy atom. The number of halogens is 1. The molecule has 0 unspecified atom stereocenters. The molecule has 0 fully saturated rings. The van der Waals surface area contributed by atoms with Crippen LogP contribution < -0.4 is 10.6 Å². The third kappa shape index (κ3) is 3.14. The molecule has 0 radical (unpaired) electrons. The maximum absolute atomic E-state index is 13.9. The molecule has 4 heteroatoms. The predicted octanol–water partition coefficient (Wildman–Crippen LogP) is 3.49. The summed E-state index contributed by atoms with van der Waals surface area (Å²) < 4.78 is 13.9. The molecule has 0 aliphatic rings.